The average Bonchev–Trinajstić information content (AvgIpc) is 2.03. The molecule has 4 nitrogen and oxygen atoms in total. The van der Waals surface area contributed by atoms with Crippen LogP contribution >= 0.6 is 23.2 Å². The van der Waals surface area contributed by atoms with Gasteiger partial charge in [-0.25, -0.2) is 0 Å². The molecule has 0 aliphatic rings. The van der Waals surface area contributed by atoms with Crippen molar-refractivity contribution in [1.82, 2.24) is 15.0 Å². The van der Waals surface area contributed by atoms with Gasteiger partial charge in [0.15, 0.2) is 0 Å². The first-order valence-corrected chi connectivity index (χ1v) is 4.68. The molecule has 1 rings (SSSR count). The van der Waals surface area contributed by atoms with Crippen LogP contribution in [0.3, 0.4) is 0 Å². The third-order valence-corrected chi connectivity index (χ3v) is 1.63. The van der Waals surface area contributed by atoms with Gasteiger partial charge in [-0.05, 0) is 29.6 Å². The predicted molar refractivity (Wildman–Crippen MR) is 50.3 cm³/mol. The minimum atomic E-state index is 0.0477. The van der Waals surface area contributed by atoms with Crippen molar-refractivity contribution in [1.29, 1.82) is 0 Å². The zero-order chi connectivity index (χ0) is 9.68. The summed E-state index contributed by atoms with van der Waals surface area (Å²) in [4.78, 5) is 11.1. The standard InChI is InChI=1S/C7H9Cl2N3O/c1-2-3-4-13-7-11-5(8)10-6(9)12-7/h2-4H2,1H3. The highest BCUT2D eigenvalue weighted by Crippen LogP contribution is 2.11. The predicted octanol–water partition coefficient (Wildman–Crippen LogP) is 2.36. The molecule has 0 N–H and O–H groups in total. The van der Waals surface area contributed by atoms with Gasteiger partial charge >= 0.3 is 6.01 Å². The van der Waals surface area contributed by atoms with Gasteiger partial charge < -0.3 is 4.74 Å². The third-order valence-electron chi connectivity index (χ3n) is 1.29. The van der Waals surface area contributed by atoms with Gasteiger partial charge in [-0.15, -0.1) is 0 Å². The Labute approximate surface area is 86.3 Å². The Morgan fingerprint density at radius 2 is 1.77 bits per heavy atom. The molecule has 1 aromatic heterocycles. The van der Waals surface area contributed by atoms with Crippen molar-refractivity contribution in [3.63, 3.8) is 0 Å². The molecular formula is C7H9Cl2N3O. The molecule has 0 spiro atoms. The summed E-state index contributed by atoms with van der Waals surface area (Å²) in [5.41, 5.74) is 0. The summed E-state index contributed by atoms with van der Waals surface area (Å²) in [6, 6.07) is 0.179. The Kier molecular flexibility index (Phi) is 4.18. The zero-order valence-corrected chi connectivity index (χ0v) is 8.64. The summed E-state index contributed by atoms with van der Waals surface area (Å²) in [5, 5.41) is 0.0954. The summed E-state index contributed by atoms with van der Waals surface area (Å²) >= 11 is 11.1. The number of nitrogens with zero attached hydrogens (tertiary/aromatic N) is 3. The van der Waals surface area contributed by atoms with Crippen LogP contribution in [0.4, 0.5) is 0 Å². The number of hydrogen-bond donors (Lipinski definition) is 0. The first kappa shape index (κ1) is 10.5. The van der Waals surface area contributed by atoms with E-state index >= 15 is 0 Å². The Balaban J connectivity index is 2.56. The maximum Gasteiger partial charge on any atom is 0.322 e. The fourth-order valence-electron chi connectivity index (χ4n) is 0.681. The number of hydrogen-bond acceptors (Lipinski definition) is 4. The first-order chi connectivity index (χ1) is 6.22. The van der Waals surface area contributed by atoms with E-state index in [-0.39, 0.29) is 16.6 Å². The van der Waals surface area contributed by atoms with Crippen LogP contribution in [0.5, 0.6) is 6.01 Å². The molecule has 0 saturated carbocycles. The van der Waals surface area contributed by atoms with E-state index in [2.05, 4.69) is 21.9 Å². The van der Waals surface area contributed by atoms with E-state index in [0.717, 1.165) is 12.8 Å². The zero-order valence-electron chi connectivity index (χ0n) is 7.13. The molecule has 13 heavy (non-hydrogen) atoms. The van der Waals surface area contributed by atoms with Crippen molar-refractivity contribution >= 4 is 23.2 Å². The van der Waals surface area contributed by atoms with Crippen LogP contribution in [0.15, 0.2) is 0 Å². The van der Waals surface area contributed by atoms with Gasteiger partial charge in [-0.1, -0.05) is 13.3 Å². The van der Waals surface area contributed by atoms with E-state index in [9.17, 15) is 0 Å². The number of halogens is 2. The molecule has 1 aromatic rings. The second-order valence-electron chi connectivity index (χ2n) is 2.36. The van der Waals surface area contributed by atoms with E-state index in [4.69, 9.17) is 27.9 Å². The van der Waals surface area contributed by atoms with E-state index in [1.807, 2.05) is 0 Å². The van der Waals surface area contributed by atoms with Crippen LogP contribution in [0.25, 0.3) is 0 Å². The van der Waals surface area contributed by atoms with Gasteiger partial charge in [0, 0.05) is 0 Å². The normalized spacial score (nSPS) is 10.1. The second-order valence-corrected chi connectivity index (χ2v) is 3.03. The molecule has 0 amide bonds. The lowest BCUT2D eigenvalue weighted by Gasteiger charge is -2.02. The molecule has 0 aliphatic heterocycles. The average molecular weight is 222 g/mol. The number of aromatic nitrogens is 3. The van der Waals surface area contributed by atoms with Crippen molar-refractivity contribution in [3.05, 3.63) is 10.6 Å². The lowest BCUT2D eigenvalue weighted by Crippen LogP contribution is -2.02. The van der Waals surface area contributed by atoms with Crippen molar-refractivity contribution in [2.45, 2.75) is 19.8 Å². The third kappa shape index (κ3) is 3.74. The molecule has 0 atom stereocenters. The lowest BCUT2D eigenvalue weighted by molar-refractivity contribution is 0.284. The highest BCUT2D eigenvalue weighted by atomic mass is 35.5. The monoisotopic (exact) mass is 221 g/mol. The van der Waals surface area contributed by atoms with E-state index in [1.54, 1.807) is 0 Å². The molecule has 72 valence electrons. The van der Waals surface area contributed by atoms with Gasteiger partial charge in [0.25, 0.3) is 0 Å². The summed E-state index contributed by atoms with van der Waals surface area (Å²) in [5.74, 6) is 0. The highest BCUT2D eigenvalue weighted by Gasteiger charge is 2.02. The molecule has 0 bridgehead atoms. The van der Waals surface area contributed by atoms with Crippen LogP contribution < -0.4 is 4.74 Å². The smallest absolute Gasteiger partial charge is 0.322 e. The Hall–Kier alpha value is -0.610. The molecule has 0 fully saturated rings. The molecule has 1 heterocycles. The summed E-state index contributed by atoms with van der Waals surface area (Å²) in [6.45, 7) is 2.63. The summed E-state index contributed by atoms with van der Waals surface area (Å²) in [7, 11) is 0. The molecule has 0 saturated heterocycles. The maximum atomic E-state index is 5.54. The summed E-state index contributed by atoms with van der Waals surface area (Å²) in [6.07, 6.45) is 1.99. The highest BCUT2D eigenvalue weighted by molar-refractivity contribution is 6.31. The van der Waals surface area contributed by atoms with Gasteiger partial charge in [-0.2, -0.15) is 15.0 Å². The van der Waals surface area contributed by atoms with Crippen molar-refractivity contribution in [3.8, 4) is 6.01 Å². The second kappa shape index (κ2) is 5.19. The minimum Gasteiger partial charge on any atom is -0.463 e. The first-order valence-electron chi connectivity index (χ1n) is 3.92. The van der Waals surface area contributed by atoms with Gasteiger partial charge in [0.2, 0.25) is 10.6 Å². The van der Waals surface area contributed by atoms with E-state index < -0.39 is 0 Å². The lowest BCUT2D eigenvalue weighted by atomic mass is 10.4. The largest absolute Gasteiger partial charge is 0.463 e. The van der Waals surface area contributed by atoms with Crippen LogP contribution in [0.2, 0.25) is 10.6 Å². The van der Waals surface area contributed by atoms with Crippen LogP contribution in [0, 0.1) is 0 Å². The van der Waals surface area contributed by atoms with Gasteiger partial charge in [-0.3, -0.25) is 0 Å². The molecule has 0 aromatic carbocycles. The topological polar surface area (TPSA) is 47.9 Å². The van der Waals surface area contributed by atoms with E-state index in [0.29, 0.717) is 6.61 Å². The fraction of sp³-hybridized carbons (Fsp3) is 0.571. The van der Waals surface area contributed by atoms with Crippen LogP contribution in [-0.4, -0.2) is 21.6 Å². The molecule has 0 aliphatic carbocycles. The summed E-state index contributed by atoms with van der Waals surface area (Å²) < 4.78 is 5.18. The van der Waals surface area contributed by atoms with Crippen molar-refractivity contribution in [2.24, 2.45) is 0 Å². The SMILES string of the molecule is CCCCOc1nc(Cl)nc(Cl)n1. The van der Waals surface area contributed by atoms with Gasteiger partial charge in [0.05, 0.1) is 6.61 Å². The van der Waals surface area contributed by atoms with Crippen molar-refractivity contribution in [2.75, 3.05) is 6.61 Å². The number of ether oxygens (including phenoxy) is 1. The Morgan fingerprint density at radius 1 is 1.15 bits per heavy atom. The number of rotatable bonds is 4. The number of unbranched alkanes of at least 4 members (excludes halogenated alkanes) is 1. The molecular weight excluding hydrogens is 213 g/mol. The van der Waals surface area contributed by atoms with Crippen LogP contribution in [0.1, 0.15) is 19.8 Å². The van der Waals surface area contributed by atoms with Crippen LogP contribution in [-0.2, 0) is 0 Å². The maximum absolute atomic E-state index is 5.54. The molecule has 0 unspecified atom stereocenters. The fourth-order valence-corrected chi connectivity index (χ4v) is 1.03. The molecule has 0 radical (unpaired) electrons. The Morgan fingerprint density at radius 3 is 2.31 bits per heavy atom. The molecule has 6 heteroatoms. The van der Waals surface area contributed by atoms with Gasteiger partial charge in [0.1, 0.15) is 0 Å². The minimum absolute atomic E-state index is 0.0477. The van der Waals surface area contributed by atoms with E-state index in [1.165, 1.54) is 0 Å². The Bertz CT molecular complexity index is 262. The van der Waals surface area contributed by atoms with Crippen molar-refractivity contribution < 1.29 is 4.74 Å². The quantitative estimate of drug-likeness (QED) is 0.733.